The van der Waals surface area contributed by atoms with Crippen molar-refractivity contribution in [3.63, 3.8) is 0 Å². The van der Waals surface area contributed by atoms with Crippen molar-refractivity contribution >= 4 is 17.4 Å². The van der Waals surface area contributed by atoms with E-state index in [1.54, 1.807) is 0 Å². The molecule has 0 aliphatic carbocycles. The summed E-state index contributed by atoms with van der Waals surface area (Å²) in [5.41, 5.74) is 2.75. The number of rotatable bonds is 6. The number of anilines is 1. The van der Waals surface area contributed by atoms with Crippen LogP contribution in [0, 0.1) is 18.3 Å². The summed E-state index contributed by atoms with van der Waals surface area (Å²) in [6.07, 6.45) is 1.90. The van der Waals surface area contributed by atoms with Gasteiger partial charge in [-0.1, -0.05) is 12.1 Å². The SMILES string of the molecule is C=CCSCCNc1ccc(C)cc1C#N. The van der Waals surface area contributed by atoms with Crippen LogP contribution in [0.1, 0.15) is 11.1 Å². The van der Waals surface area contributed by atoms with Crippen molar-refractivity contribution in [2.45, 2.75) is 6.92 Å². The summed E-state index contributed by atoms with van der Waals surface area (Å²) in [7, 11) is 0. The second-order valence-corrected chi connectivity index (χ2v) is 4.60. The van der Waals surface area contributed by atoms with Gasteiger partial charge in [0, 0.05) is 18.1 Å². The highest BCUT2D eigenvalue weighted by Gasteiger charge is 2.00. The zero-order valence-corrected chi connectivity index (χ0v) is 10.3. The molecule has 0 aliphatic rings. The Balaban J connectivity index is 2.48. The van der Waals surface area contributed by atoms with Gasteiger partial charge in [0.1, 0.15) is 6.07 Å². The van der Waals surface area contributed by atoms with Crippen molar-refractivity contribution in [3.05, 3.63) is 42.0 Å². The third-order valence-electron chi connectivity index (χ3n) is 2.09. The lowest BCUT2D eigenvalue weighted by Gasteiger charge is -2.08. The van der Waals surface area contributed by atoms with E-state index < -0.39 is 0 Å². The molecule has 84 valence electrons. The predicted octanol–water partition coefficient (Wildman–Crippen LogP) is 3.20. The van der Waals surface area contributed by atoms with Crippen molar-refractivity contribution in [1.29, 1.82) is 5.26 Å². The van der Waals surface area contributed by atoms with Crippen LogP contribution in [0.3, 0.4) is 0 Å². The van der Waals surface area contributed by atoms with Crippen LogP contribution in [0.15, 0.2) is 30.9 Å². The van der Waals surface area contributed by atoms with Gasteiger partial charge in [-0.15, -0.1) is 6.58 Å². The number of nitriles is 1. The maximum absolute atomic E-state index is 8.98. The highest BCUT2D eigenvalue weighted by molar-refractivity contribution is 7.99. The molecule has 1 rings (SSSR count). The van der Waals surface area contributed by atoms with Crippen LogP contribution in [-0.4, -0.2) is 18.1 Å². The van der Waals surface area contributed by atoms with Gasteiger partial charge in [0.05, 0.1) is 11.3 Å². The third kappa shape index (κ3) is 4.00. The Hall–Kier alpha value is -1.40. The van der Waals surface area contributed by atoms with Crippen molar-refractivity contribution in [1.82, 2.24) is 0 Å². The molecule has 16 heavy (non-hydrogen) atoms. The first-order valence-electron chi connectivity index (χ1n) is 5.21. The molecular formula is C13H16N2S. The Morgan fingerprint density at radius 2 is 2.38 bits per heavy atom. The summed E-state index contributed by atoms with van der Waals surface area (Å²) in [6.45, 7) is 6.53. The summed E-state index contributed by atoms with van der Waals surface area (Å²) in [5, 5.41) is 12.2. The molecule has 0 aliphatic heterocycles. The van der Waals surface area contributed by atoms with E-state index in [0.717, 1.165) is 29.3 Å². The summed E-state index contributed by atoms with van der Waals surface area (Å²) >= 11 is 1.83. The number of nitrogens with one attached hydrogen (secondary N) is 1. The fourth-order valence-electron chi connectivity index (χ4n) is 1.33. The lowest BCUT2D eigenvalue weighted by molar-refractivity contribution is 1.22. The van der Waals surface area contributed by atoms with Gasteiger partial charge in [0.15, 0.2) is 0 Å². The normalized spacial score (nSPS) is 9.50. The molecule has 0 aromatic heterocycles. The number of hydrogen-bond acceptors (Lipinski definition) is 3. The minimum Gasteiger partial charge on any atom is -0.383 e. The van der Waals surface area contributed by atoms with Gasteiger partial charge in [-0.3, -0.25) is 0 Å². The Morgan fingerprint density at radius 1 is 1.56 bits per heavy atom. The molecule has 0 fully saturated rings. The van der Waals surface area contributed by atoms with E-state index in [-0.39, 0.29) is 0 Å². The highest BCUT2D eigenvalue weighted by atomic mass is 32.2. The number of hydrogen-bond donors (Lipinski definition) is 1. The van der Waals surface area contributed by atoms with Gasteiger partial charge < -0.3 is 5.32 Å². The van der Waals surface area contributed by atoms with Crippen molar-refractivity contribution in [2.24, 2.45) is 0 Å². The van der Waals surface area contributed by atoms with Crippen molar-refractivity contribution in [2.75, 3.05) is 23.4 Å². The molecule has 0 bridgehead atoms. The average Bonchev–Trinajstić information content (AvgIpc) is 2.30. The van der Waals surface area contributed by atoms with E-state index in [2.05, 4.69) is 18.0 Å². The van der Waals surface area contributed by atoms with Crippen molar-refractivity contribution < 1.29 is 0 Å². The van der Waals surface area contributed by atoms with Gasteiger partial charge in [-0.05, 0) is 24.6 Å². The first-order valence-corrected chi connectivity index (χ1v) is 6.36. The molecule has 0 saturated carbocycles. The van der Waals surface area contributed by atoms with Gasteiger partial charge in [0.2, 0.25) is 0 Å². The fraction of sp³-hybridized carbons (Fsp3) is 0.308. The first-order chi connectivity index (χ1) is 7.77. The maximum Gasteiger partial charge on any atom is 0.101 e. The van der Waals surface area contributed by atoms with Gasteiger partial charge in [-0.25, -0.2) is 0 Å². The van der Waals surface area contributed by atoms with E-state index in [9.17, 15) is 0 Å². The molecule has 1 aromatic carbocycles. The number of aryl methyl sites for hydroxylation is 1. The summed E-state index contributed by atoms with van der Waals surface area (Å²) in [5.74, 6) is 1.99. The number of thioether (sulfide) groups is 1. The molecular weight excluding hydrogens is 216 g/mol. The second-order valence-electron chi connectivity index (χ2n) is 3.45. The zero-order valence-electron chi connectivity index (χ0n) is 9.49. The zero-order chi connectivity index (χ0) is 11.8. The fourth-order valence-corrected chi connectivity index (χ4v) is 1.91. The topological polar surface area (TPSA) is 35.8 Å². The van der Waals surface area contributed by atoms with Crippen LogP contribution in [0.25, 0.3) is 0 Å². The lowest BCUT2D eigenvalue weighted by Crippen LogP contribution is -2.05. The lowest BCUT2D eigenvalue weighted by atomic mass is 10.1. The smallest absolute Gasteiger partial charge is 0.101 e. The molecule has 0 unspecified atom stereocenters. The van der Waals surface area contributed by atoms with Gasteiger partial charge in [-0.2, -0.15) is 17.0 Å². The summed E-state index contributed by atoms with van der Waals surface area (Å²) < 4.78 is 0. The molecule has 0 amide bonds. The van der Waals surface area contributed by atoms with Crippen molar-refractivity contribution in [3.8, 4) is 6.07 Å². The van der Waals surface area contributed by atoms with Crippen LogP contribution in [0.4, 0.5) is 5.69 Å². The quantitative estimate of drug-likeness (QED) is 0.604. The minimum absolute atomic E-state index is 0.716. The van der Waals surface area contributed by atoms with E-state index in [1.165, 1.54) is 0 Å². The van der Waals surface area contributed by atoms with E-state index in [1.807, 2.05) is 43.0 Å². The monoisotopic (exact) mass is 232 g/mol. The van der Waals surface area contributed by atoms with E-state index >= 15 is 0 Å². The third-order valence-corrected chi connectivity index (χ3v) is 3.06. The molecule has 1 aromatic rings. The molecule has 0 atom stereocenters. The standard InChI is InChI=1S/C13H16N2S/c1-3-7-16-8-6-15-13-5-4-11(2)9-12(13)10-14/h3-5,9,15H,1,6-8H2,2H3. The molecule has 1 N–H and O–H groups in total. The van der Waals surface area contributed by atoms with Gasteiger partial charge in [0.25, 0.3) is 0 Å². The van der Waals surface area contributed by atoms with E-state index in [0.29, 0.717) is 5.56 Å². The predicted molar refractivity (Wildman–Crippen MR) is 71.9 cm³/mol. The van der Waals surface area contributed by atoms with Crippen LogP contribution >= 0.6 is 11.8 Å². The molecule has 0 spiro atoms. The molecule has 0 heterocycles. The second kappa shape index (κ2) is 6.97. The molecule has 0 radical (unpaired) electrons. The Kier molecular flexibility index (Phi) is 5.52. The average molecular weight is 232 g/mol. The summed E-state index contributed by atoms with van der Waals surface area (Å²) in [6, 6.07) is 8.08. The molecule has 0 saturated heterocycles. The van der Waals surface area contributed by atoms with E-state index in [4.69, 9.17) is 5.26 Å². The molecule has 3 heteroatoms. The number of nitrogens with zero attached hydrogens (tertiary/aromatic N) is 1. The Bertz CT molecular complexity index is 393. The highest BCUT2D eigenvalue weighted by Crippen LogP contribution is 2.16. The Morgan fingerprint density at radius 3 is 3.06 bits per heavy atom. The van der Waals surface area contributed by atoms with Crippen LogP contribution < -0.4 is 5.32 Å². The first kappa shape index (κ1) is 12.7. The Labute approximate surface area is 101 Å². The van der Waals surface area contributed by atoms with Crippen LogP contribution in [0.2, 0.25) is 0 Å². The maximum atomic E-state index is 8.98. The van der Waals surface area contributed by atoms with Crippen LogP contribution in [0.5, 0.6) is 0 Å². The minimum atomic E-state index is 0.716. The summed E-state index contributed by atoms with van der Waals surface area (Å²) in [4.78, 5) is 0. The largest absolute Gasteiger partial charge is 0.383 e. The molecule has 2 nitrogen and oxygen atoms in total. The number of benzene rings is 1. The van der Waals surface area contributed by atoms with Crippen LogP contribution in [-0.2, 0) is 0 Å². The van der Waals surface area contributed by atoms with Gasteiger partial charge >= 0.3 is 0 Å².